The highest BCUT2D eigenvalue weighted by Gasteiger charge is 2.15. The average Bonchev–Trinajstić information content (AvgIpc) is 2.94. The Morgan fingerprint density at radius 3 is 2.52 bits per heavy atom. The van der Waals surface area contributed by atoms with Crippen molar-refractivity contribution in [3.8, 4) is 11.5 Å². The molecule has 0 amide bonds. The Morgan fingerprint density at radius 2 is 1.71 bits per heavy atom. The predicted octanol–water partition coefficient (Wildman–Crippen LogP) is 3.91. The first-order chi connectivity index (χ1) is 10.2. The number of nitrogens with zero attached hydrogens (tertiary/aromatic N) is 1. The highest BCUT2D eigenvalue weighted by molar-refractivity contribution is 5.99. The molecule has 0 radical (unpaired) electrons. The molecule has 0 unspecified atom stereocenters. The molecule has 0 saturated carbocycles. The van der Waals surface area contributed by atoms with Gasteiger partial charge in [-0.05, 0) is 31.2 Å². The second kappa shape index (κ2) is 4.31. The van der Waals surface area contributed by atoms with E-state index in [0.717, 1.165) is 16.5 Å². The predicted molar refractivity (Wildman–Crippen MR) is 80.2 cm³/mol. The van der Waals surface area contributed by atoms with Crippen molar-refractivity contribution in [3.05, 3.63) is 64.5 Å². The highest BCUT2D eigenvalue weighted by Crippen LogP contribution is 2.28. The Bertz CT molecular complexity index is 1010. The molecule has 4 aromatic rings. The van der Waals surface area contributed by atoms with Crippen molar-refractivity contribution in [2.75, 3.05) is 0 Å². The minimum Gasteiger partial charge on any atom is -0.435 e. The van der Waals surface area contributed by atoms with Crippen LogP contribution in [-0.2, 0) is 0 Å². The quantitative estimate of drug-likeness (QED) is 0.495. The van der Waals surface area contributed by atoms with Gasteiger partial charge in [0.15, 0.2) is 11.1 Å². The van der Waals surface area contributed by atoms with E-state index in [1.807, 2.05) is 49.4 Å². The maximum absolute atomic E-state index is 12.0. The number of aryl methyl sites for hydroxylation is 1. The van der Waals surface area contributed by atoms with Crippen LogP contribution in [-0.4, -0.2) is 4.98 Å². The van der Waals surface area contributed by atoms with Gasteiger partial charge in [0.1, 0.15) is 5.58 Å². The van der Waals surface area contributed by atoms with Crippen LogP contribution in [0.2, 0.25) is 0 Å². The zero-order chi connectivity index (χ0) is 14.4. The molecule has 2 aromatic heterocycles. The number of aromatic nitrogens is 1. The summed E-state index contributed by atoms with van der Waals surface area (Å²) in [6, 6.07) is 15.1. The topological polar surface area (TPSA) is 56.2 Å². The Kier molecular flexibility index (Phi) is 2.44. The lowest BCUT2D eigenvalue weighted by Crippen LogP contribution is -1.99. The second-order valence-corrected chi connectivity index (χ2v) is 4.95. The first-order valence-electron chi connectivity index (χ1n) is 6.62. The smallest absolute Gasteiger partial charge is 0.366 e. The largest absolute Gasteiger partial charge is 0.435 e. The van der Waals surface area contributed by atoms with Crippen molar-refractivity contribution in [1.29, 1.82) is 0 Å². The molecular weight excluding hydrogens is 266 g/mol. The zero-order valence-corrected chi connectivity index (χ0v) is 11.3. The third kappa shape index (κ3) is 1.84. The van der Waals surface area contributed by atoms with Gasteiger partial charge in [-0.2, -0.15) is 0 Å². The Hall–Kier alpha value is -2.88. The van der Waals surface area contributed by atoms with Crippen molar-refractivity contribution >= 4 is 22.1 Å². The molecule has 0 bridgehead atoms. The lowest BCUT2D eigenvalue weighted by atomic mass is 10.1. The van der Waals surface area contributed by atoms with Crippen molar-refractivity contribution < 1.29 is 8.83 Å². The fourth-order valence-corrected chi connectivity index (χ4v) is 2.35. The average molecular weight is 277 g/mol. The Morgan fingerprint density at radius 1 is 0.952 bits per heavy atom. The number of oxazole rings is 1. The second-order valence-electron chi connectivity index (χ2n) is 4.95. The van der Waals surface area contributed by atoms with Crippen LogP contribution in [0.4, 0.5) is 0 Å². The lowest BCUT2D eigenvalue weighted by Gasteiger charge is -1.96. The number of fused-ring (bicyclic) bond motifs is 3. The number of hydrogen-bond donors (Lipinski definition) is 0. The van der Waals surface area contributed by atoms with Gasteiger partial charge < -0.3 is 8.83 Å². The fourth-order valence-electron chi connectivity index (χ4n) is 2.35. The molecule has 4 heteroatoms. The molecule has 2 aromatic carbocycles. The lowest BCUT2D eigenvalue weighted by molar-refractivity contribution is 0.565. The normalized spacial score (nSPS) is 11.3. The molecule has 0 saturated heterocycles. The van der Waals surface area contributed by atoms with E-state index in [1.165, 1.54) is 0 Å². The van der Waals surface area contributed by atoms with Gasteiger partial charge in [-0.1, -0.05) is 29.8 Å². The first-order valence-corrected chi connectivity index (χ1v) is 6.62. The molecule has 0 spiro atoms. The van der Waals surface area contributed by atoms with Crippen LogP contribution in [0.1, 0.15) is 5.56 Å². The van der Waals surface area contributed by atoms with E-state index < -0.39 is 5.63 Å². The van der Waals surface area contributed by atoms with E-state index >= 15 is 0 Å². The van der Waals surface area contributed by atoms with Crippen LogP contribution in [0.5, 0.6) is 0 Å². The molecule has 0 aliphatic rings. The third-order valence-corrected chi connectivity index (χ3v) is 3.45. The number of rotatable bonds is 1. The van der Waals surface area contributed by atoms with Crippen LogP contribution in [0, 0.1) is 6.92 Å². The SMILES string of the molecule is Cc1ccc(-c2nc3c(=O)oc4ccccc4c3o2)cc1. The van der Waals surface area contributed by atoms with Crippen molar-refractivity contribution in [2.45, 2.75) is 6.92 Å². The molecule has 4 rings (SSSR count). The van der Waals surface area contributed by atoms with Crippen LogP contribution in [0.3, 0.4) is 0 Å². The third-order valence-electron chi connectivity index (χ3n) is 3.45. The summed E-state index contributed by atoms with van der Waals surface area (Å²) < 4.78 is 11.1. The number of para-hydroxylation sites is 1. The van der Waals surface area contributed by atoms with Crippen LogP contribution >= 0.6 is 0 Å². The van der Waals surface area contributed by atoms with E-state index in [-0.39, 0.29) is 5.52 Å². The van der Waals surface area contributed by atoms with Gasteiger partial charge in [0.05, 0.1) is 5.39 Å². The van der Waals surface area contributed by atoms with Gasteiger partial charge in [0.25, 0.3) is 0 Å². The first kappa shape index (κ1) is 11.9. The van der Waals surface area contributed by atoms with Crippen LogP contribution in [0.25, 0.3) is 33.5 Å². The van der Waals surface area contributed by atoms with Crippen LogP contribution < -0.4 is 5.63 Å². The van der Waals surface area contributed by atoms with Gasteiger partial charge >= 0.3 is 5.63 Å². The maximum Gasteiger partial charge on any atom is 0.366 e. The summed E-state index contributed by atoms with van der Waals surface area (Å²) in [5, 5.41) is 0.748. The van der Waals surface area contributed by atoms with Crippen molar-refractivity contribution in [3.63, 3.8) is 0 Å². The van der Waals surface area contributed by atoms with E-state index in [1.54, 1.807) is 6.07 Å². The Balaban J connectivity index is 2.05. The van der Waals surface area contributed by atoms with E-state index in [2.05, 4.69) is 4.98 Å². The van der Waals surface area contributed by atoms with Crippen molar-refractivity contribution in [2.24, 2.45) is 0 Å². The zero-order valence-electron chi connectivity index (χ0n) is 11.3. The maximum atomic E-state index is 12.0. The van der Waals surface area contributed by atoms with Gasteiger partial charge in [0, 0.05) is 5.56 Å². The minimum atomic E-state index is -0.481. The summed E-state index contributed by atoms with van der Waals surface area (Å²) in [5.74, 6) is 0.425. The van der Waals surface area contributed by atoms with Gasteiger partial charge in [-0.25, -0.2) is 9.78 Å². The molecule has 2 heterocycles. The van der Waals surface area contributed by atoms with Gasteiger partial charge in [-0.3, -0.25) is 0 Å². The summed E-state index contributed by atoms with van der Waals surface area (Å²) >= 11 is 0. The summed E-state index contributed by atoms with van der Waals surface area (Å²) in [5.41, 5.74) is 2.70. The molecule has 0 aliphatic carbocycles. The summed E-state index contributed by atoms with van der Waals surface area (Å²) in [7, 11) is 0. The van der Waals surface area contributed by atoms with Crippen molar-refractivity contribution in [1.82, 2.24) is 4.98 Å². The van der Waals surface area contributed by atoms with E-state index in [9.17, 15) is 4.79 Å². The van der Waals surface area contributed by atoms with Gasteiger partial charge in [-0.15, -0.1) is 0 Å². The molecule has 0 atom stereocenters. The minimum absolute atomic E-state index is 0.226. The molecule has 0 aliphatic heterocycles. The summed E-state index contributed by atoms with van der Waals surface area (Å²) in [4.78, 5) is 16.3. The molecule has 102 valence electrons. The molecule has 4 nitrogen and oxygen atoms in total. The standard InChI is InChI=1S/C17H11NO3/c1-10-6-8-11(9-7-10)16-18-14-15(21-16)12-4-2-3-5-13(12)20-17(14)19/h2-9H,1H3. The van der Waals surface area contributed by atoms with Gasteiger partial charge in [0.2, 0.25) is 5.89 Å². The fraction of sp³-hybridized carbons (Fsp3) is 0.0588. The molecule has 0 N–H and O–H groups in total. The summed E-state index contributed by atoms with van der Waals surface area (Å²) in [6.07, 6.45) is 0. The Labute approximate surface area is 119 Å². The number of hydrogen-bond acceptors (Lipinski definition) is 4. The van der Waals surface area contributed by atoms with E-state index in [4.69, 9.17) is 8.83 Å². The van der Waals surface area contributed by atoms with E-state index in [0.29, 0.717) is 17.1 Å². The monoisotopic (exact) mass is 277 g/mol. The highest BCUT2D eigenvalue weighted by atomic mass is 16.4. The molecular formula is C17H11NO3. The number of benzene rings is 2. The van der Waals surface area contributed by atoms with Crippen LogP contribution in [0.15, 0.2) is 62.2 Å². The molecule has 21 heavy (non-hydrogen) atoms. The molecule has 0 fully saturated rings. The summed E-state index contributed by atoms with van der Waals surface area (Å²) in [6.45, 7) is 2.01.